The third-order valence-electron chi connectivity index (χ3n) is 4.22. The van der Waals surface area contributed by atoms with E-state index in [1.165, 1.54) is 11.8 Å². The van der Waals surface area contributed by atoms with Gasteiger partial charge in [-0.05, 0) is 31.2 Å². The van der Waals surface area contributed by atoms with E-state index >= 15 is 0 Å². The molecule has 0 radical (unpaired) electrons. The second-order valence-corrected chi connectivity index (χ2v) is 6.10. The number of aliphatic carboxylic acids is 1. The number of benzene rings is 2. The SMILES string of the molecule is CC1(C(=O)O)CN(C(=O)N(c2ccccc2)c2ccccc2)CCO1. The van der Waals surface area contributed by atoms with Gasteiger partial charge in [-0.2, -0.15) is 0 Å². The van der Waals surface area contributed by atoms with Crippen molar-refractivity contribution in [2.24, 2.45) is 0 Å². The van der Waals surface area contributed by atoms with E-state index in [0.717, 1.165) is 11.4 Å². The largest absolute Gasteiger partial charge is 0.479 e. The lowest BCUT2D eigenvalue weighted by Gasteiger charge is -2.39. The van der Waals surface area contributed by atoms with Gasteiger partial charge in [-0.3, -0.25) is 4.90 Å². The van der Waals surface area contributed by atoms with Crippen molar-refractivity contribution >= 4 is 23.4 Å². The lowest BCUT2D eigenvalue weighted by molar-refractivity contribution is -0.171. The minimum absolute atomic E-state index is 0.00265. The van der Waals surface area contributed by atoms with Crippen LogP contribution in [0.1, 0.15) is 6.92 Å². The zero-order valence-corrected chi connectivity index (χ0v) is 14.0. The Morgan fingerprint density at radius 1 is 1.04 bits per heavy atom. The number of morpholine rings is 1. The van der Waals surface area contributed by atoms with Crippen LogP contribution in [0.3, 0.4) is 0 Å². The van der Waals surface area contributed by atoms with Crippen molar-refractivity contribution < 1.29 is 19.4 Å². The van der Waals surface area contributed by atoms with Crippen molar-refractivity contribution in [2.45, 2.75) is 12.5 Å². The maximum atomic E-state index is 13.2. The number of ether oxygens (including phenoxy) is 1. The van der Waals surface area contributed by atoms with E-state index in [2.05, 4.69) is 0 Å². The first-order valence-corrected chi connectivity index (χ1v) is 8.08. The van der Waals surface area contributed by atoms with Gasteiger partial charge in [0.15, 0.2) is 5.60 Å². The molecule has 6 nitrogen and oxygen atoms in total. The van der Waals surface area contributed by atoms with Crippen LogP contribution in [0.5, 0.6) is 0 Å². The number of hydrogen-bond acceptors (Lipinski definition) is 3. The summed E-state index contributed by atoms with van der Waals surface area (Å²) in [5, 5.41) is 9.39. The highest BCUT2D eigenvalue weighted by Gasteiger charge is 2.42. The fourth-order valence-electron chi connectivity index (χ4n) is 2.83. The Hall–Kier alpha value is -2.86. The number of amides is 2. The minimum Gasteiger partial charge on any atom is -0.479 e. The zero-order chi connectivity index (χ0) is 17.9. The van der Waals surface area contributed by atoms with Crippen molar-refractivity contribution in [3.63, 3.8) is 0 Å². The molecule has 1 fully saturated rings. The first kappa shape index (κ1) is 17.0. The molecule has 0 saturated carbocycles. The third-order valence-corrected chi connectivity index (χ3v) is 4.22. The molecule has 0 bridgehead atoms. The summed E-state index contributed by atoms with van der Waals surface area (Å²) >= 11 is 0. The van der Waals surface area contributed by atoms with Crippen molar-refractivity contribution in [2.75, 3.05) is 24.6 Å². The van der Waals surface area contributed by atoms with Crippen LogP contribution < -0.4 is 4.90 Å². The highest BCUT2D eigenvalue weighted by atomic mass is 16.5. The van der Waals surface area contributed by atoms with E-state index in [0.29, 0.717) is 6.54 Å². The summed E-state index contributed by atoms with van der Waals surface area (Å²) in [5.41, 5.74) is 0.0527. The molecule has 0 aromatic heterocycles. The molecule has 2 aromatic rings. The van der Waals surface area contributed by atoms with E-state index in [1.807, 2.05) is 60.7 Å². The number of anilines is 2. The first-order chi connectivity index (χ1) is 12.0. The molecule has 0 aliphatic carbocycles. The van der Waals surface area contributed by atoms with E-state index < -0.39 is 11.6 Å². The number of nitrogens with zero attached hydrogens (tertiary/aromatic N) is 2. The molecule has 2 aromatic carbocycles. The third kappa shape index (κ3) is 3.49. The van der Waals surface area contributed by atoms with Crippen molar-refractivity contribution in [1.82, 2.24) is 4.90 Å². The highest BCUT2D eigenvalue weighted by Crippen LogP contribution is 2.28. The van der Waals surface area contributed by atoms with Gasteiger partial charge in [-0.1, -0.05) is 36.4 Å². The topological polar surface area (TPSA) is 70.1 Å². The number of hydrogen-bond donors (Lipinski definition) is 1. The number of carbonyl (C=O) groups excluding carboxylic acids is 1. The van der Waals surface area contributed by atoms with E-state index in [1.54, 1.807) is 4.90 Å². The summed E-state index contributed by atoms with van der Waals surface area (Å²) < 4.78 is 5.39. The average molecular weight is 340 g/mol. The van der Waals surface area contributed by atoms with Crippen LogP contribution in [0.2, 0.25) is 0 Å². The summed E-state index contributed by atoms with van der Waals surface area (Å²) in [4.78, 5) is 27.8. The molecule has 1 aliphatic heterocycles. The van der Waals surface area contributed by atoms with Crippen molar-refractivity contribution in [3.8, 4) is 0 Å². The molecule has 130 valence electrons. The normalized spacial score (nSPS) is 20.1. The van der Waals surface area contributed by atoms with Crippen LogP contribution in [0, 0.1) is 0 Å². The van der Waals surface area contributed by atoms with Gasteiger partial charge in [0.25, 0.3) is 0 Å². The number of rotatable bonds is 3. The fraction of sp³-hybridized carbons (Fsp3) is 0.263. The predicted molar refractivity (Wildman–Crippen MR) is 94.0 cm³/mol. The molecule has 1 saturated heterocycles. The highest BCUT2D eigenvalue weighted by molar-refractivity contribution is 5.99. The Labute approximate surface area is 146 Å². The number of carbonyl (C=O) groups is 2. The molecule has 2 amide bonds. The molecule has 1 heterocycles. The number of carboxylic acids is 1. The van der Waals surface area contributed by atoms with Crippen molar-refractivity contribution in [1.29, 1.82) is 0 Å². The van der Waals surface area contributed by atoms with Crippen LogP contribution in [-0.2, 0) is 9.53 Å². The van der Waals surface area contributed by atoms with Crippen LogP contribution in [0.25, 0.3) is 0 Å². The molecule has 6 heteroatoms. The molecule has 1 N–H and O–H groups in total. The van der Waals surface area contributed by atoms with Gasteiger partial charge < -0.3 is 14.7 Å². The summed E-state index contributed by atoms with van der Waals surface area (Å²) in [5.74, 6) is -1.07. The molecule has 0 spiro atoms. The fourth-order valence-corrected chi connectivity index (χ4v) is 2.83. The van der Waals surface area contributed by atoms with Gasteiger partial charge in [0.2, 0.25) is 0 Å². The monoisotopic (exact) mass is 340 g/mol. The lowest BCUT2D eigenvalue weighted by atomic mass is 10.1. The molecule has 1 aliphatic rings. The average Bonchev–Trinajstić information content (AvgIpc) is 2.63. The summed E-state index contributed by atoms with van der Waals surface area (Å²) in [6.07, 6.45) is 0. The molecule has 1 atom stereocenters. The maximum absolute atomic E-state index is 13.2. The van der Waals surface area contributed by atoms with Crippen LogP contribution in [0.15, 0.2) is 60.7 Å². The molecule has 3 rings (SSSR count). The Morgan fingerprint density at radius 2 is 1.56 bits per heavy atom. The molecular formula is C19H20N2O4. The number of para-hydroxylation sites is 2. The number of carboxylic acid groups (broad SMARTS) is 1. The Balaban J connectivity index is 1.94. The standard InChI is InChI=1S/C19H20N2O4/c1-19(17(22)23)14-20(12-13-25-19)18(24)21(15-8-4-2-5-9-15)16-10-6-3-7-11-16/h2-11H,12-14H2,1H3,(H,22,23). The summed E-state index contributed by atoms with van der Waals surface area (Å²) in [6, 6.07) is 18.3. The Kier molecular flexibility index (Phi) is 4.72. The van der Waals surface area contributed by atoms with Crippen molar-refractivity contribution in [3.05, 3.63) is 60.7 Å². The van der Waals surface area contributed by atoms with Gasteiger partial charge in [-0.25, -0.2) is 9.59 Å². The molecule has 25 heavy (non-hydrogen) atoms. The quantitative estimate of drug-likeness (QED) is 0.932. The smallest absolute Gasteiger partial charge is 0.337 e. The summed E-state index contributed by atoms with van der Waals surface area (Å²) in [7, 11) is 0. The molecular weight excluding hydrogens is 320 g/mol. The minimum atomic E-state index is -1.40. The second kappa shape index (κ2) is 6.94. The Morgan fingerprint density at radius 3 is 2.04 bits per heavy atom. The predicted octanol–water partition coefficient (Wildman–Crippen LogP) is 3.12. The van der Waals surface area contributed by atoms with Crippen LogP contribution in [0.4, 0.5) is 16.2 Å². The van der Waals surface area contributed by atoms with E-state index in [4.69, 9.17) is 4.74 Å². The van der Waals surface area contributed by atoms with Gasteiger partial charge in [0.05, 0.1) is 24.5 Å². The first-order valence-electron chi connectivity index (χ1n) is 8.08. The van der Waals surface area contributed by atoms with E-state index in [9.17, 15) is 14.7 Å². The van der Waals surface area contributed by atoms with Gasteiger partial charge in [0.1, 0.15) is 0 Å². The second-order valence-electron chi connectivity index (χ2n) is 6.10. The lowest BCUT2D eigenvalue weighted by Crippen LogP contribution is -2.58. The zero-order valence-electron chi connectivity index (χ0n) is 14.0. The van der Waals surface area contributed by atoms with Gasteiger partial charge in [-0.15, -0.1) is 0 Å². The molecule has 1 unspecified atom stereocenters. The maximum Gasteiger partial charge on any atom is 0.337 e. The van der Waals surface area contributed by atoms with Crippen LogP contribution in [-0.4, -0.2) is 47.3 Å². The van der Waals surface area contributed by atoms with Crippen LogP contribution >= 0.6 is 0 Å². The number of urea groups is 1. The summed E-state index contributed by atoms with van der Waals surface area (Å²) in [6.45, 7) is 2.02. The Bertz CT molecular complexity index is 711. The van der Waals surface area contributed by atoms with E-state index in [-0.39, 0.29) is 19.2 Å². The van der Waals surface area contributed by atoms with Gasteiger partial charge >= 0.3 is 12.0 Å². The van der Waals surface area contributed by atoms with Gasteiger partial charge in [0, 0.05) is 6.54 Å².